The van der Waals surface area contributed by atoms with Crippen molar-refractivity contribution in [2.45, 2.75) is 96.4 Å². The summed E-state index contributed by atoms with van der Waals surface area (Å²) in [6.07, 6.45) is 17.1. The van der Waals surface area contributed by atoms with Crippen LogP contribution in [0, 0.1) is 0 Å². The minimum Gasteiger partial charge on any atom is -0.209 e. The Hall–Kier alpha value is -0.350. The first-order chi connectivity index (χ1) is 10.1. The Bertz CT molecular complexity index is 370. The number of rotatable bonds is 11. The molecule has 0 bridgehead atoms. The molecule has 1 fully saturated rings. The van der Waals surface area contributed by atoms with Crippen LogP contribution in [0.15, 0.2) is 11.5 Å². The van der Waals surface area contributed by atoms with Gasteiger partial charge in [-0.1, -0.05) is 70.8 Å². The molecule has 4 heteroatoms. The first-order valence-corrected chi connectivity index (χ1v) is 10.4. The van der Waals surface area contributed by atoms with E-state index in [1.54, 1.807) is 0 Å². The predicted molar refractivity (Wildman–Crippen MR) is 90.7 cm³/mol. The fourth-order valence-electron chi connectivity index (χ4n) is 2.91. The predicted octanol–water partition coefficient (Wildman–Crippen LogP) is 4.89. The van der Waals surface area contributed by atoms with Crippen molar-refractivity contribution >= 4 is 10.0 Å². The smallest absolute Gasteiger partial charge is 0.209 e. The van der Waals surface area contributed by atoms with Crippen molar-refractivity contribution in [2.24, 2.45) is 0 Å². The van der Waals surface area contributed by atoms with Crippen molar-refractivity contribution in [3.8, 4) is 0 Å². The van der Waals surface area contributed by atoms with Crippen LogP contribution >= 0.6 is 0 Å². The average Bonchev–Trinajstić information content (AvgIpc) is 2.46. The Balaban J connectivity index is 2.08. The molecule has 0 atom stereocenters. The molecule has 21 heavy (non-hydrogen) atoms. The third-order valence-electron chi connectivity index (χ3n) is 4.19. The van der Waals surface area contributed by atoms with E-state index in [2.05, 4.69) is 11.6 Å². The fourth-order valence-corrected chi connectivity index (χ4v) is 4.07. The van der Waals surface area contributed by atoms with Crippen LogP contribution in [0.5, 0.6) is 0 Å². The summed E-state index contributed by atoms with van der Waals surface area (Å²) in [6.45, 7) is 2.23. The number of sulfonamides is 1. The van der Waals surface area contributed by atoms with Crippen molar-refractivity contribution in [1.82, 2.24) is 4.72 Å². The molecule has 0 spiro atoms. The van der Waals surface area contributed by atoms with Crippen molar-refractivity contribution in [3.05, 3.63) is 11.5 Å². The summed E-state index contributed by atoms with van der Waals surface area (Å²) in [4.78, 5) is 0. The standard InChI is InChI=1S/C17H33NO2S/c1-2-3-4-5-6-7-8-9-13-16-21(19,20)18-17-14-11-10-12-15-17/h13,16-18H,2-12,14-15H2,1H3/b16-13+. The molecule has 0 aromatic heterocycles. The minimum absolute atomic E-state index is 0.159. The summed E-state index contributed by atoms with van der Waals surface area (Å²) in [5.74, 6) is 0. The maximum absolute atomic E-state index is 11.9. The maximum Gasteiger partial charge on any atom is 0.233 e. The van der Waals surface area contributed by atoms with Crippen molar-refractivity contribution in [3.63, 3.8) is 0 Å². The number of allylic oxidation sites excluding steroid dienone is 1. The molecule has 0 unspecified atom stereocenters. The van der Waals surface area contributed by atoms with Crippen LogP contribution in [0.25, 0.3) is 0 Å². The second kappa shape index (κ2) is 11.2. The van der Waals surface area contributed by atoms with Crippen LogP contribution in [-0.4, -0.2) is 14.5 Å². The fraction of sp³-hybridized carbons (Fsp3) is 0.882. The maximum atomic E-state index is 11.9. The van der Waals surface area contributed by atoms with Gasteiger partial charge in [-0.05, 0) is 25.7 Å². The highest BCUT2D eigenvalue weighted by atomic mass is 32.2. The Labute approximate surface area is 131 Å². The van der Waals surface area contributed by atoms with E-state index in [-0.39, 0.29) is 6.04 Å². The molecular weight excluding hydrogens is 282 g/mol. The highest BCUT2D eigenvalue weighted by molar-refractivity contribution is 7.92. The van der Waals surface area contributed by atoms with E-state index in [0.29, 0.717) is 0 Å². The van der Waals surface area contributed by atoms with Crippen molar-refractivity contribution in [1.29, 1.82) is 0 Å². The molecule has 0 aliphatic heterocycles. The van der Waals surface area contributed by atoms with Gasteiger partial charge in [0.2, 0.25) is 10.0 Å². The van der Waals surface area contributed by atoms with E-state index in [9.17, 15) is 8.42 Å². The number of hydrogen-bond donors (Lipinski definition) is 1. The Morgan fingerprint density at radius 1 is 0.952 bits per heavy atom. The van der Waals surface area contributed by atoms with E-state index in [1.165, 1.54) is 50.4 Å². The number of hydrogen-bond acceptors (Lipinski definition) is 2. The second-order valence-electron chi connectivity index (χ2n) is 6.28. The quantitative estimate of drug-likeness (QED) is 0.552. The topological polar surface area (TPSA) is 46.2 Å². The molecular formula is C17H33NO2S. The van der Waals surface area contributed by atoms with Gasteiger partial charge in [-0.25, -0.2) is 13.1 Å². The lowest BCUT2D eigenvalue weighted by Crippen LogP contribution is -2.34. The first kappa shape index (κ1) is 18.7. The molecule has 0 saturated heterocycles. The minimum atomic E-state index is -3.22. The first-order valence-electron chi connectivity index (χ1n) is 8.83. The lowest BCUT2D eigenvalue weighted by atomic mass is 9.96. The highest BCUT2D eigenvalue weighted by Gasteiger charge is 2.17. The van der Waals surface area contributed by atoms with Crippen LogP contribution in [0.1, 0.15) is 90.4 Å². The lowest BCUT2D eigenvalue weighted by molar-refractivity contribution is 0.413. The summed E-state index contributed by atoms with van der Waals surface area (Å²) in [5, 5.41) is 1.37. The summed E-state index contributed by atoms with van der Waals surface area (Å²) >= 11 is 0. The van der Waals surface area contributed by atoms with Crippen molar-refractivity contribution < 1.29 is 8.42 Å². The van der Waals surface area contributed by atoms with Crippen molar-refractivity contribution in [2.75, 3.05) is 0 Å². The second-order valence-corrected chi connectivity index (χ2v) is 7.88. The SMILES string of the molecule is CCCCCCCCC/C=C/S(=O)(=O)NC1CCCCC1. The summed E-state index contributed by atoms with van der Waals surface area (Å²) in [6, 6.07) is 0.159. The van der Waals surface area contributed by atoms with E-state index >= 15 is 0 Å². The van der Waals surface area contributed by atoms with E-state index in [0.717, 1.165) is 38.5 Å². The summed E-state index contributed by atoms with van der Waals surface area (Å²) in [5.41, 5.74) is 0. The van der Waals surface area contributed by atoms with E-state index in [4.69, 9.17) is 0 Å². The van der Waals surface area contributed by atoms with E-state index in [1.807, 2.05) is 6.08 Å². The van der Waals surface area contributed by atoms with Gasteiger partial charge < -0.3 is 0 Å². The largest absolute Gasteiger partial charge is 0.233 e. The molecule has 3 nitrogen and oxygen atoms in total. The zero-order valence-electron chi connectivity index (χ0n) is 13.6. The summed E-state index contributed by atoms with van der Waals surface area (Å²) < 4.78 is 26.6. The van der Waals surface area contributed by atoms with Gasteiger partial charge in [0.25, 0.3) is 0 Å². The molecule has 1 N–H and O–H groups in total. The molecule has 0 aromatic carbocycles. The number of nitrogens with one attached hydrogen (secondary N) is 1. The monoisotopic (exact) mass is 315 g/mol. The molecule has 1 rings (SSSR count). The number of unbranched alkanes of at least 4 members (excludes halogenated alkanes) is 7. The zero-order valence-corrected chi connectivity index (χ0v) is 14.5. The Morgan fingerprint density at radius 2 is 1.57 bits per heavy atom. The van der Waals surface area contributed by atoms with Gasteiger partial charge in [-0.2, -0.15) is 0 Å². The van der Waals surface area contributed by atoms with Crippen LogP contribution in [-0.2, 0) is 10.0 Å². The molecule has 0 radical (unpaired) electrons. The average molecular weight is 316 g/mol. The molecule has 0 heterocycles. The highest BCUT2D eigenvalue weighted by Crippen LogP contribution is 2.18. The Morgan fingerprint density at radius 3 is 2.24 bits per heavy atom. The van der Waals surface area contributed by atoms with Gasteiger partial charge in [0.15, 0.2) is 0 Å². The molecule has 124 valence electrons. The van der Waals surface area contributed by atoms with Crippen LogP contribution in [0.2, 0.25) is 0 Å². The van der Waals surface area contributed by atoms with Gasteiger partial charge in [0.05, 0.1) is 0 Å². The van der Waals surface area contributed by atoms with Gasteiger partial charge >= 0.3 is 0 Å². The van der Waals surface area contributed by atoms with Gasteiger partial charge in [-0.15, -0.1) is 0 Å². The summed E-state index contributed by atoms with van der Waals surface area (Å²) in [7, 11) is -3.22. The zero-order chi connectivity index (χ0) is 15.4. The van der Waals surface area contributed by atoms with Crippen LogP contribution in [0.4, 0.5) is 0 Å². The molecule has 1 aliphatic carbocycles. The van der Waals surface area contributed by atoms with E-state index < -0.39 is 10.0 Å². The molecule has 0 amide bonds. The van der Waals surface area contributed by atoms with Gasteiger partial charge in [0, 0.05) is 11.4 Å². The van der Waals surface area contributed by atoms with Gasteiger partial charge in [-0.3, -0.25) is 0 Å². The third kappa shape index (κ3) is 10.1. The molecule has 0 aromatic rings. The van der Waals surface area contributed by atoms with Crippen LogP contribution < -0.4 is 4.72 Å². The molecule has 1 aliphatic rings. The van der Waals surface area contributed by atoms with Gasteiger partial charge in [0.1, 0.15) is 0 Å². The third-order valence-corrected chi connectivity index (χ3v) is 5.40. The van der Waals surface area contributed by atoms with Crippen LogP contribution in [0.3, 0.4) is 0 Å². The normalized spacial score (nSPS) is 17.6. The molecule has 1 saturated carbocycles. The lowest BCUT2D eigenvalue weighted by Gasteiger charge is -2.21. The Kier molecular flexibility index (Phi) is 10.0.